The monoisotopic (exact) mass is 394 g/mol. The van der Waals surface area contributed by atoms with Gasteiger partial charge in [-0.05, 0) is 55.3 Å². The second-order valence-electron chi connectivity index (χ2n) is 6.49. The SMILES string of the molecule is Cc1ccc(C(Cc2ccccn2)CN(C)c2ccc(Br)cc2)cc1. The van der Waals surface area contributed by atoms with Crippen LogP contribution in [0.5, 0.6) is 0 Å². The summed E-state index contributed by atoms with van der Waals surface area (Å²) < 4.78 is 1.10. The highest BCUT2D eigenvalue weighted by Gasteiger charge is 2.16. The van der Waals surface area contributed by atoms with Gasteiger partial charge in [-0.25, -0.2) is 0 Å². The van der Waals surface area contributed by atoms with E-state index in [1.807, 2.05) is 12.3 Å². The summed E-state index contributed by atoms with van der Waals surface area (Å²) in [6, 6.07) is 23.5. The van der Waals surface area contributed by atoms with E-state index in [9.17, 15) is 0 Å². The molecule has 1 atom stereocenters. The summed E-state index contributed by atoms with van der Waals surface area (Å²) >= 11 is 3.51. The smallest absolute Gasteiger partial charge is 0.0410 e. The fraction of sp³-hybridized carbons (Fsp3) is 0.227. The van der Waals surface area contributed by atoms with Crippen molar-refractivity contribution in [3.8, 4) is 0 Å². The number of anilines is 1. The van der Waals surface area contributed by atoms with E-state index in [-0.39, 0.29) is 0 Å². The summed E-state index contributed by atoms with van der Waals surface area (Å²) in [7, 11) is 2.16. The maximum Gasteiger partial charge on any atom is 0.0410 e. The number of likely N-dealkylation sites (N-methyl/N-ethyl adjacent to an activating group) is 1. The van der Waals surface area contributed by atoms with E-state index in [0.29, 0.717) is 5.92 Å². The van der Waals surface area contributed by atoms with Crippen molar-refractivity contribution in [2.75, 3.05) is 18.5 Å². The van der Waals surface area contributed by atoms with E-state index < -0.39 is 0 Å². The number of halogens is 1. The van der Waals surface area contributed by atoms with E-state index in [2.05, 4.69) is 100 Å². The molecule has 1 unspecified atom stereocenters. The minimum Gasteiger partial charge on any atom is -0.374 e. The van der Waals surface area contributed by atoms with Gasteiger partial charge in [-0.3, -0.25) is 4.98 Å². The quantitative estimate of drug-likeness (QED) is 0.539. The summed E-state index contributed by atoms with van der Waals surface area (Å²) in [4.78, 5) is 6.85. The molecule has 0 N–H and O–H groups in total. The molecule has 3 rings (SSSR count). The number of aromatic nitrogens is 1. The first-order valence-corrected chi connectivity index (χ1v) is 9.34. The standard InChI is InChI=1S/C22H23BrN2/c1-17-6-8-18(9-7-17)19(15-21-5-3-4-14-24-21)16-25(2)22-12-10-20(23)11-13-22/h3-14,19H,15-16H2,1-2H3. The summed E-state index contributed by atoms with van der Waals surface area (Å²) in [5.74, 6) is 0.393. The molecule has 2 nitrogen and oxygen atoms in total. The van der Waals surface area contributed by atoms with Gasteiger partial charge in [0.15, 0.2) is 0 Å². The summed E-state index contributed by atoms with van der Waals surface area (Å²) in [6.07, 6.45) is 2.81. The van der Waals surface area contributed by atoms with Crippen molar-refractivity contribution >= 4 is 21.6 Å². The zero-order valence-electron chi connectivity index (χ0n) is 14.7. The summed E-state index contributed by atoms with van der Waals surface area (Å²) in [6.45, 7) is 3.08. The minimum atomic E-state index is 0.393. The first kappa shape index (κ1) is 17.7. The van der Waals surface area contributed by atoms with Gasteiger partial charge in [-0.15, -0.1) is 0 Å². The number of hydrogen-bond acceptors (Lipinski definition) is 2. The van der Waals surface area contributed by atoms with Crippen molar-refractivity contribution in [1.29, 1.82) is 0 Å². The minimum absolute atomic E-state index is 0.393. The van der Waals surface area contributed by atoms with Crippen molar-refractivity contribution < 1.29 is 0 Å². The molecule has 0 amide bonds. The van der Waals surface area contributed by atoms with Gasteiger partial charge in [0.1, 0.15) is 0 Å². The Hall–Kier alpha value is -2.13. The number of benzene rings is 2. The molecule has 3 heteroatoms. The van der Waals surface area contributed by atoms with Gasteiger partial charge in [0.05, 0.1) is 0 Å². The van der Waals surface area contributed by atoms with Crippen molar-refractivity contribution in [2.45, 2.75) is 19.3 Å². The van der Waals surface area contributed by atoms with Crippen LogP contribution in [0.1, 0.15) is 22.7 Å². The average molecular weight is 395 g/mol. The van der Waals surface area contributed by atoms with Gasteiger partial charge < -0.3 is 4.90 Å². The lowest BCUT2D eigenvalue weighted by Gasteiger charge is -2.26. The fourth-order valence-corrected chi connectivity index (χ4v) is 3.29. The van der Waals surface area contributed by atoms with Crippen LogP contribution >= 0.6 is 15.9 Å². The Morgan fingerprint density at radius 3 is 2.32 bits per heavy atom. The molecule has 2 aromatic carbocycles. The molecule has 128 valence electrons. The largest absolute Gasteiger partial charge is 0.374 e. The zero-order chi connectivity index (χ0) is 17.6. The van der Waals surface area contributed by atoms with E-state index in [1.165, 1.54) is 16.8 Å². The Bertz CT molecular complexity index is 783. The van der Waals surface area contributed by atoms with Gasteiger partial charge >= 0.3 is 0 Å². The van der Waals surface area contributed by atoms with Crippen LogP contribution in [0.15, 0.2) is 77.4 Å². The zero-order valence-corrected chi connectivity index (χ0v) is 16.3. The Kier molecular flexibility index (Phi) is 5.87. The predicted octanol–water partition coefficient (Wildman–Crippen LogP) is 5.62. The summed E-state index contributed by atoms with van der Waals surface area (Å²) in [5.41, 5.74) is 5.01. The molecular weight excluding hydrogens is 372 g/mol. The second kappa shape index (κ2) is 8.30. The maximum absolute atomic E-state index is 4.53. The number of nitrogens with zero attached hydrogens (tertiary/aromatic N) is 2. The highest BCUT2D eigenvalue weighted by molar-refractivity contribution is 9.10. The molecule has 0 aliphatic heterocycles. The third-order valence-corrected chi connectivity index (χ3v) is 5.02. The van der Waals surface area contributed by atoms with E-state index in [4.69, 9.17) is 0 Å². The van der Waals surface area contributed by atoms with Crippen molar-refractivity contribution in [3.05, 3.63) is 94.2 Å². The van der Waals surface area contributed by atoms with Crippen LogP contribution in [0, 0.1) is 6.92 Å². The topological polar surface area (TPSA) is 16.1 Å². The number of pyridine rings is 1. The number of hydrogen-bond donors (Lipinski definition) is 0. The lowest BCUT2D eigenvalue weighted by Crippen LogP contribution is -2.25. The number of aryl methyl sites for hydroxylation is 1. The Balaban J connectivity index is 1.82. The first-order chi connectivity index (χ1) is 12.1. The molecule has 0 fully saturated rings. The molecule has 0 radical (unpaired) electrons. The van der Waals surface area contributed by atoms with E-state index in [0.717, 1.165) is 23.1 Å². The average Bonchev–Trinajstić information content (AvgIpc) is 2.63. The number of rotatable bonds is 6. The fourth-order valence-electron chi connectivity index (χ4n) is 3.03. The molecular formula is C22H23BrN2. The van der Waals surface area contributed by atoms with Crippen LogP contribution in [0.3, 0.4) is 0 Å². The predicted molar refractivity (Wildman–Crippen MR) is 109 cm³/mol. The van der Waals surface area contributed by atoms with Gasteiger partial charge in [0, 0.05) is 41.6 Å². The molecule has 0 aliphatic carbocycles. The molecule has 1 aromatic heterocycles. The third kappa shape index (κ3) is 4.93. The van der Waals surface area contributed by atoms with Crippen LogP contribution in [0.4, 0.5) is 5.69 Å². The van der Waals surface area contributed by atoms with Crippen molar-refractivity contribution in [2.24, 2.45) is 0 Å². The molecule has 0 saturated heterocycles. The second-order valence-corrected chi connectivity index (χ2v) is 7.41. The van der Waals surface area contributed by atoms with Gasteiger partial charge in [0.25, 0.3) is 0 Å². The van der Waals surface area contributed by atoms with E-state index in [1.54, 1.807) is 0 Å². The molecule has 3 aromatic rings. The Morgan fingerprint density at radius 1 is 0.960 bits per heavy atom. The van der Waals surface area contributed by atoms with Crippen molar-refractivity contribution in [1.82, 2.24) is 4.98 Å². The first-order valence-electron chi connectivity index (χ1n) is 8.55. The van der Waals surface area contributed by atoms with Crippen molar-refractivity contribution in [3.63, 3.8) is 0 Å². The molecule has 0 spiro atoms. The molecule has 25 heavy (non-hydrogen) atoms. The van der Waals surface area contributed by atoms with Crippen LogP contribution in [-0.2, 0) is 6.42 Å². The van der Waals surface area contributed by atoms with Crippen LogP contribution in [-0.4, -0.2) is 18.6 Å². The highest BCUT2D eigenvalue weighted by atomic mass is 79.9. The van der Waals surface area contributed by atoms with E-state index >= 15 is 0 Å². The molecule has 0 aliphatic rings. The van der Waals surface area contributed by atoms with Gasteiger partial charge in [-0.1, -0.05) is 51.8 Å². The molecule has 1 heterocycles. The third-order valence-electron chi connectivity index (χ3n) is 4.49. The lowest BCUT2D eigenvalue weighted by molar-refractivity contribution is 0.658. The Morgan fingerprint density at radius 2 is 1.68 bits per heavy atom. The molecule has 0 saturated carbocycles. The van der Waals surface area contributed by atoms with Crippen LogP contribution < -0.4 is 4.90 Å². The van der Waals surface area contributed by atoms with Gasteiger partial charge in [-0.2, -0.15) is 0 Å². The maximum atomic E-state index is 4.53. The molecule has 0 bridgehead atoms. The van der Waals surface area contributed by atoms with Gasteiger partial charge in [0.2, 0.25) is 0 Å². The highest BCUT2D eigenvalue weighted by Crippen LogP contribution is 2.25. The van der Waals surface area contributed by atoms with Crippen LogP contribution in [0.25, 0.3) is 0 Å². The normalized spacial score (nSPS) is 12.0. The van der Waals surface area contributed by atoms with Crippen LogP contribution in [0.2, 0.25) is 0 Å². The lowest BCUT2D eigenvalue weighted by atomic mass is 9.92. The Labute approximate surface area is 158 Å². The summed E-state index contributed by atoms with van der Waals surface area (Å²) in [5, 5.41) is 0.